The lowest BCUT2D eigenvalue weighted by molar-refractivity contribution is -0.143. The molecule has 1 heterocycles. The van der Waals surface area contributed by atoms with Crippen LogP contribution in [0.3, 0.4) is 0 Å². The van der Waals surface area contributed by atoms with E-state index in [1.165, 1.54) is 12.7 Å². The Bertz CT molecular complexity index is 928. The van der Waals surface area contributed by atoms with E-state index in [2.05, 4.69) is 34.5 Å². The van der Waals surface area contributed by atoms with Gasteiger partial charge in [-0.2, -0.15) is 4.98 Å². The summed E-state index contributed by atoms with van der Waals surface area (Å²) < 4.78 is 10.4. The summed E-state index contributed by atoms with van der Waals surface area (Å²) in [5.74, 6) is 0.586. The molecule has 1 N–H and O–H groups in total. The quantitative estimate of drug-likeness (QED) is 0.627. The molecule has 0 aliphatic heterocycles. The Labute approximate surface area is 164 Å². The fourth-order valence-electron chi connectivity index (χ4n) is 3.23. The van der Waals surface area contributed by atoms with E-state index in [-0.39, 0.29) is 12.5 Å². The lowest BCUT2D eigenvalue weighted by Gasteiger charge is -2.20. The van der Waals surface area contributed by atoms with Crippen LogP contribution in [0.25, 0.3) is 11.4 Å². The van der Waals surface area contributed by atoms with Gasteiger partial charge in [-0.1, -0.05) is 54.5 Å². The number of carbonyl (C=O) groups is 1. The van der Waals surface area contributed by atoms with E-state index in [1.807, 2.05) is 44.2 Å². The van der Waals surface area contributed by atoms with Gasteiger partial charge < -0.3 is 9.26 Å². The molecule has 0 saturated carbocycles. The molecule has 0 saturated heterocycles. The second kappa shape index (κ2) is 8.80. The highest BCUT2D eigenvalue weighted by Crippen LogP contribution is 2.24. The van der Waals surface area contributed by atoms with Crippen LogP contribution in [0, 0.1) is 13.8 Å². The normalized spacial score (nSPS) is 12.0. The minimum atomic E-state index is -0.606. The number of nitrogens with one attached hydrogen (secondary N) is 1. The van der Waals surface area contributed by atoms with Crippen LogP contribution in [-0.4, -0.2) is 23.2 Å². The maximum atomic E-state index is 12.4. The molecule has 28 heavy (non-hydrogen) atoms. The largest absolute Gasteiger partial charge is 0.468 e. The first kappa shape index (κ1) is 19.8. The second-order valence-electron chi connectivity index (χ2n) is 6.70. The zero-order valence-electron chi connectivity index (χ0n) is 16.7. The monoisotopic (exact) mass is 379 g/mol. The molecule has 0 aliphatic carbocycles. The van der Waals surface area contributed by atoms with Gasteiger partial charge in [0.25, 0.3) is 0 Å². The van der Waals surface area contributed by atoms with Crippen molar-refractivity contribution in [2.75, 3.05) is 7.11 Å². The minimum absolute atomic E-state index is 0.258. The van der Waals surface area contributed by atoms with Gasteiger partial charge in [-0.15, -0.1) is 0 Å². The number of aryl methyl sites for hydroxylation is 3. The van der Waals surface area contributed by atoms with Crippen molar-refractivity contribution in [3.63, 3.8) is 0 Å². The summed E-state index contributed by atoms with van der Waals surface area (Å²) in [5.41, 5.74) is 5.09. The maximum absolute atomic E-state index is 12.4. The number of hydrogen-bond acceptors (Lipinski definition) is 6. The first-order valence-electron chi connectivity index (χ1n) is 9.32. The first-order valence-corrected chi connectivity index (χ1v) is 9.32. The SMILES string of the molecule is CCc1ccc(-c2noc(CNC(C(=O)OC)c3c(C)cccc3C)n2)cc1. The van der Waals surface area contributed by atoms with Crippen molar-refractivity contribution in [2.45, 2.75) is 39.8 Å². The lowest BCUT2D eigenvalue weighted by atomic mass is 9.96. The van der Waals surface area contributed by atoms with Crippen molar-refractivity contribution in [3.05, 3.63) is 70.6 Å². The number of esters is 1. The fraction of sp³-hybridized carbons (Fsp3) is 0.318. The van der Waals surface area contributed by atoms with E-state index >= 15 is 0 Å². The number of nitrogens with zero attached hydrogens (tertiary/aromatic N) is 2. The van der Waals surface area contributed by atoms with Gasteiger partial charge >= 0.3 is 5.97 Å². The highest BCUT2D eigenvalue weighted by atomic mass is 16.5. The van der Waals surface area contributed by atoms with Crippen LogP contribution >= 0.6 is 0 Å². The van der Waals surface area contributed by atoms with E-state index in [0.29, 0.717) is 11.7 Å². The van der Waals surface area contributed by atoms with Gasteiger partial charge in [-0.05, 0) is 42.5 Å². The van der Waals surface area contributed by atoms with Crippen LogP contribution in [0.4, 0.5) is 0 Å². The highest BCUT2D eigenvalue weighted by Gasteiger charge is 2.25. The van der Waals surface area contributed by atoms with Crippen molar-refractivity contribution in [3.8, 4) is 11.4 Å². The van der Waals surface area contributed by atoms with Gasteiger partial charge in [-0.3, -0.25) is 5.32 Å². The third-order valence-electron chi connectivity index (χ3n) is 4.81. The molecule has 1 unspecified atom stereocenters. The van der Waals surface area contributed by atoms with E-state index in [9.17, 15) is 4.79 Å². The van der Waals surface area contributed by atoms with Gasteiger partial charge in [-0.25, -0.2) is 4.79 Å². The van der Waals surface area contributed by atoms with Crippen LogP contribution in [0.2, 0.25) is 0 Å². The third-order valence-corrected chi connectivity index (χ3v) is 4.81. The lowest BCUT2D eigenvalue weighted by Crippen LogP contribution is -2.30. The maximum Gasteiger partial charge on any atom is 0.327 e. The topological polar surface area (TPSA) is 77.2 Å². The van der Waals surface area contributed by atoms with Crippen LogP contribution in [0.15, 0.2) is 47.0 Å². The molecule has 0 spiro atoms. The molecular formula is C22H25N3O3. The van der Waals surface area contributed by atoms with Gasteiger partial charge in [0, 0.05) is 5.56 Å². The Kier molecular flexibility index (Phi) is 6.21. The van der Waals surface area contributed by atoms with Gasteiger partial charge in [0.05, 0.1) is 13.7 Å². The Balaban J connectivity index is 1.77. The molecular weight excluding hydrogens is 354 g/mol. The first-order chi connectivity index (χ1) is 13.5. The average molecular weight is 379 g/mol. The molecule has 3 rings (SSSR count). The average Bonchev–Trinajstić information content (AvgIpc) is 3.18. The Morgan fingerprint density at radius 2 is 1.82 bits per heavy atom. The smallest absolute Gasteiger partial charge is 0.327 e. The number of benzene rings is 2. The summed E-state index contributed by atoms with van der Waals surface area (Å²) >= 11 is 0. The van der Waals surface area contributed by atoms with Crippen molar-refractivity contribution in [1.82, 2.24) is 15.5 Å². The molecule has 0 fully saturated rings. The fourth-order valence-corrected chi connectivity index (χ4v) is 3.23. The Morgan fingerprint density at radius 1 is 1.14 bits per heavy atom. The molecule has 2 aromatic carbocycles. The van der Waals surface area contributed by atoms with E-state index < -0.39 is 6.04 Å². The molecule has 0 amide bonds. The molecule has 1 atom stereocenters. The second-order valence-corrected chi connectivity index (χ2v) is 6.70. The number of rotatable bonds is 7. The third kappa shape index (κ3) is 4.28. The zero-order valence-corrected chi connectivity index (χ0v) is 16.7. The number of ether oxygens (including phenoxy) is 1. The van der Waals surface area contributed by atoms with E-state index in [4.69, 9.17) is 9.26 Å². The van der Waals surface area contributed by atoms with Crippen molar-refractivity contribution < 1.29 is 14.1 Å². The van der Waals surface area contributed by atoms with E-state index in [0.717, 1.165) is 28.7 Å². The number of carbonyl (C=O) groups excluding carboxylic acids is 1. The van der Waals surface area contributed by atoms with Gasteiger partial charge in [0.2, 0.25) is 11.7 Å². The van der Waals surface area contributed by atoms with Crippen LogP contribution in [-0.2, 0) is 22.5 Å². The molecule has 0 bridgehead atoms. The summed E-state index contributed by atoms with van der Waals surface area (Å²) in [4.78, 5) is 16.8. The molecule has 0 radical (unpaired) electrons. The molecule has 0 aliphatic rings. The van der Waals surface area contributed by atoms with Crippen molar-refractivity contribution in [2.24, 2.45) is 0 Å². The molecule has 146 valence electrons. The van der Waals surface area contributed by atoms with Crippen LogP contribution < -0.4 is 5.32 Å². The standard InChI is InChI=1S/C22H25N3O3/c1-5-16-9-11-17(12-10-16)21-24-18(28-25-21)13-23-20(22(26)27-4)19-14(2)7-6-8-15(19)3/h6-12,20,23H,5,13H2,1-4H3. The summed E-state index contributed by atoms with van der Waals surface area (Å²) in [6.45, 7) is 6.32. The summed E-state index contributed by atoms with van der Waals surface area (Å²) in [6, 6.07) is 13.4. The van der Waals surface area contributed by atoms with Crippen LogP contribution in [0.5, 0.6) is 0 Å². The molecule has 6 nitrogen and oxygen atoms in total. The summed E-state index contributed by atoms with van der Waals surface area (Å²) in [6.07, 6.45) is 0.981. The van der Waals surface area contributed by atoms with Crippen molar-refractivity contribution >= 4 is 5.97 Å². The Morgan fingerprint density at radius 3 is 2.43 bits per heavy atom. The molecule has 3 aromatic rings. The highest BCUT2D eigenvalue weighted by molar-refractivity contribution is 5.78. The van der Waals surface area contributed by atoms with Gasteiger partial charge in [0.15, 0.2) is 0 Å². The predicted octanol–water partition coefficient (Wildman–Crippen LogP) is 3.92. The van der Waals surface area contributed by atoms with Gasteiger partial charge in [0.1, 0.15) is 6.04 Å². The van der Waals surface area contributed by atoms with Crippen molar-refractivity contribution in [1.29, 1.82) is 0 Å². The minimum Gasteiger partial charge on any atom is -0.468 e. The van der Waals surface area contributed by atoms with E-state index in [1.54, 1.807) is 0 Å². The number of hydrogen-bond donors (Lipinski definition) is 1. The summed E-state index contributed by atoms with van der Waals surface area (Å²) in [5, 5.41) is 7.25. The number of methoxy groups -OCH3 is 1. The number of aromatic nitrogens is 2. The van der Waals surface area contributed by atoms with Crippen LogP contribution in [0.1, 0.15) is 41.1 Å². The molecule has 1 aromatic heterocycles. The summed E-state index contributed by atoms with van der Waals surface area (Å²) in [7, 11) is 1.38. The zero-order chi connectivity index (χ0) is 20.1. The Hall–Kier alpha value is -2.99. The predicted molar refractivity (Wildman–Crippen MR) is 107 cm³/mol. The molecule has 6 heteroatoms.